The van der Waals surface area contributed by atoms with Gasteiger partial charge >= 0.3 is 0 Å². The number of hydrogen-bond acceptors (Lipinski definition) is 7. The number of rotatable bonds is 5. The summed E-state index contributed by atoms with van der Waals surface area (Å²) in [4.78, 5) is 14.9. The third-order valence-electron chi connectivity index (χ3n) is 6.59. The third kappa shape index (κ3) is 4.16. The fourth-order valence-electron chi connectivity index (χ4n) is 4.45. The summed E-state index contributed by atoms with van der Waals surface area (Å²) < 4.78 is 10.9. The van der Waals surface area contributed by atoms with Crippen LogP contribution in [-0.2, 0) is 11.3 Å². The number of ether oxygens (including phenoxy) is 1. The SMILES string of the molecule is Cc1noc(C)c1CN1CCN(c2cc(C3CCOCC3)nc(C3CC3)n2)CC1. The van der Waals surface area contributed by atoms with E-state index in [1.54, 1.807) is 0 Å². The zero-order valence-corrected chi connectivity index (χ0v) is 17.6. The molecule has 3 aliphatic rings. The Kier molecular flexibility index (Phi) is 5.26. The summed E-state index contributed by atoms with van der Waals surface area (Å²) in [5.74, 6) is 4.23. The molecule has 0 N–H and O–H groups in total. The molecule has 2 aliphatic heterocycles. The Morgan fingerprint density at radius 1 is 0.966 bits per heavy atom. The standard InChI is InChI=1S/C22H31N5O2/c1-15-19(16(2)29-25-15)14-26-7-9-27(10-8-26)21-13-20(17-5-11-28-12-6-17)23-22(24-21)18-3-4-18/h13,17-18H,3-12,14H2,1-2H3. The monoisotopic (exact) mass is 397 g/mol. The van der Waals surface area contributed by atoms with Crippen molar-refractivity contribution >= 4 is 5.82 Å². The van der Waals surface area contributed by atoms with Gasteiger partial charge in [0.25, 0.3) is 0 Å². The average molecular weight is 398 g/mol. The molecular weight excluding hydrogens is 366 g/mol. The first-order valence-electron chi connectivity index (χ1n) is 11.0. The van der Waals surface area contributed by atoms with Gasteiger partial charge in [0.05, 0.1) is 5.69 Å². The predicted octanol–water partition coefficient (Wildman–Crippen LogP) is 3.18. The minimum atomic E-state index is 0.517. The van der Waals surface area contributed by atoms with Crippen LogP contribution in [0.15, 0.2) is 10.6 Å². The van der Waals surface area contributed by atoms with Crippen LogP contribution in [0.5, 0.6) is 0 Å². The van der Waals surface area contributed by atoms with Crippen LogP contribution in [0.2, 0.25) is 0 Å². The molecule has 2 saturated heterocycles. The molecule has 2 aromatic rings. The lowest BCUT2D eigenvalue weighted by Crippen LogP contribution is -2.46. The maximum Gasteiger partial charge on any atom is 0.138 e. The van der Waals surface area contributed by atoms with E-state index < -0.39 is 0 Å². The van der Waals surface area contributed by atoms with E-state index in [0.717, 1.165) is 81.9 Å². The summed E-state index contributed by atoms with van der Waals surface area (Å²) >= 11 is 0. The molecule has 156 valence electrons. The van der Waals surface area contributed by atoms with Crippen molar-refractivity contribution in [2.75, 3.05) is 44.3 Å². The smallest absolute Gasteiger partial charge is 0.138 e. The molecular formula is C22H31N5O2. The van der Waals surface area contributed by atoms with Crippen LogP contribution in [0, 0.1) is 13.8 Å². The van der Waals surface area contributed by atoms with Gasteiger partial charge in [-0.1, -0.05) is 5.16 Å². The summed E-state index contributed by atoms with van der Waals surface area (Å²) in [5, 5.41) is 4.09. The molecule has 0 radical (unpaired) electrons. The molecule has 0 atom stereocenters. The Hall–Kier alpha value is -1.99. The van der Waals surface area contributed by atoms with Gasteiger partial charge in [-0.2, -0.15) is 0 Å². The molecule has 2 aromatic heterocycles. The van der Waals surface area contributed by atoms with Crippen LogP contribution in [0.1, 0.15) is 66.1 Å². The van der Waals surface area contributed by atoms with E-state index >= 15 is 0 Å². The minimum Gasteiger partial charge on any atom is -0.381 e. The first-order valence-corrected chi connectivity index (χ1v) is 11.0. The highest BCUT2D eigenvalue weighted by molar-refractivity contribution is 5.42. The van der Waals surface area contributed by atoms with Crippen molar-refractivity contribution in [3.8, 4) is 0 Å². The Morgan fingerprint density at radius 2 is 1.72 bits per heavy atom. The highest BCUT2D eigenvalue weighted by Crippen LogP contribution is 2.40. The van der Waals surface area contributed by atoms with E-state index in [4.69, 9.17) is 19.2 Å². The van der Waals surface area contributed by atoms with Gasteiger partial charge < -0.3 is 14.2 Å². The van der Waals surface area contributed by atoms with Gasteiger partial charge in [-0.25, -0.2) is 9.97 Å². The predicted molar refractivity (Wildman–Crippen MR) is 110 cm³/mol. The summed E-state index contributed by atoms with van der Waals surface area (Å²) in [5.41, 5.74) is 3.48. The van der Waals surface area contributed by atoms with Gasteiger partial charge in [0.2, 0.25) is 0 Å². The van der Waals surface area contributed by atoms with Crippen LogP contribution in [0.3, 0.4) is 0 Å². The van der Waals surface area contributed by atoms with E-state index in [0.29, 0.717) is 11.8 Å². The number of nitrogens with zero attached hydrogens (tertiary/aromatic N) is 5. The summed E-state index contributed by atoms with van der Waals surface area (Å²) in [6.45, 7) is 10.7. The second-order valence-electron chi connectivity index (χ2n) is 8.74. The highest BCUT2D eigenvalue weighted by Gasteiger charge is 2.30. The summed E-state index contributed by atoms with van der Waals surface area (Å²) in [7, 11) is 0. The van der Waals surface area contributed by atoms with Crippen LogP contribution in [0.4, 0.5) is 5.82 Å². The quantitative estimate of drug-likeness (QED) is 0.767. The van der Waals surface area contributed by atoms with Crippen LogP contribution < -0.4 is 4.90 Å². The third-order valence-corrected chi connectivity index (χ3v) is 6.59. The summed E-state index contributed by atoms with van der Waals surface area (Å²) in [6.07, 6.45) is 4.63. The topological polar surface area (TPSA) is 67.5 Å². The zero-order chi connectivity index (χ0) is 19.8. The van der Waals surface area contributed by atoms with Crippen molar-refractivity contribution in [1.82, 2.24) is 20.0 Å². The lowest BCUT2D eigenvalue weighted by molar-refractivity contribution is 0.0844. The second-order valence-corrected chi connectivity index (χ2v) is 8.74. The Labute approximate surface area is 172 Å². The van der Waals surface area contributed by atoms with Crippen molar-refractivity contribution in [1.29, 1.82) is 0 Å². The molecule has 0 spiro atoms. The largest absolute Gasteiger partial charge is 0.381 e. The lowest BCUT2D eigenvalue weighted by Gasteiger charge is -2.36. The van der Waals surface area contributed by atoms with Crippen LogP contribution in [0.25, 0.3) is 0 Å². The Balaban J connectivity index is 1.29. The maximum atomic E-state index is 5.56. The first-order chi connectivity index (χ1) is 14.2. The molecule has 0 amide bonds. The molecule has 0 aromatic carbocycles. The van der Waals surface area contributed by atoms with Crippen molar-refractivity contribution in [2.45, 2.75) is 57.9 Å². The molecule has 4 heterocycles. The molecule has 1 aliphatic carbocycles. The molecule has 7 heteroatoms. The maximum absolute atomic E-state index is 5.56. The van der Waals surface area contributed by atoms with E-state index in [9.17, 15) is 0 Å². The Morgan fingerprint density at radius 3 is 2.38 bits per heavy atom. The van der Waals surface area contributed by atoms with Crippen molar-refractivity contribution in [2.24, 2.45) is 0 Å². The number of anilines is 1. The minimum absolute atomic E-state index is 0.517. The van der Waals surface area contributed by atoms with Gasteiger partial charge in [-0.05, 0) is 39.5 Å². The number of hydrogen-bond donors (Lipinski definition) is 0. The zero-order valence-electron chi connectivity index (χ0n) is 17.6. The van der Waals surface area contributed by atoms with E-state index in [-0.39, 0.29) is 0 Å². The normalized spacial score (nSPS) is 21.7. The first kappa shape index (κ1) is 19.0. The molecule has 0 unspecified atom stereocenters. The average Bonchev–Trinajstić information content (AvgIpc) is 3.57. The Bertz CT molecular complexity index is 829. The molecule has 5 rings (SSSR count). The lowest BCUT2D eigenvalue weighted by atomic mass is 9.96. The van der Waals surface area contributed by atoms with E-state index in [2.05, 4.69) is 21.0 Å². The summed E-state index contributed by atoms with van der Waals surface area (Å²) in [6, 6.07) is 2.26. The highest BCUT2D eigenvalue weighted by atomic mass is 16.5. The number of aromatic nitrogens is 3. The van der Waals surface area contributed by atoms with Crippen molar-refractivity contribution in [3.05, 3.63) is 34.6 Å². The molecule has 7 nitrogen and oxygen atoms in total. The van der Waals surface area contributed by atoms with Gasteiger partial charge in [0, 0.05) is 75.1 Å². The number of aryl methyl sites for hydroxylation is 2. The fourth-order valence-corrected chi connectivity index (χ4v) is 4.45. The fraction of sp³-hybridized carbons (Fsp3) is 0.682. The molecule has 3 fully saturated rings. The van der Waals surface area contributed by atoms with Gasteiger partial charge in [-0.3, -0.25) is 4.90 Å². The van der Waals surface area contributed by atoms with Gasteiger partial charge in [0.1, 0.15) is 17.4 Å². The molecule has 29 heavy (non-hydrogen) atoms. The molecule has 0 bridgehead atoms. The van der Waals surface area contributed by atoms with Crippen molar-refractivity contribution in [3.63, 3.8) is 0 Å². The second kappa shape index (κ2) is 8.03. The van der Waals surface area contributed by atoms with Crippen LogP contribution >= 0.6 is 0 Å². The molecule has 1 saturated carbocycles. The van der Waals surface area contributed by atoms with E-state index in [1.807, 2.05) is 13.8 Å². The van der Waals surface area contributed by atoms with Gasteiger partial charge in [-0.15, -0.1) is 0 Å². The van der Waals surface area contributed by atoms with E-state index in [1.165, 1.54) is 24.1 Å². The van der Waals surface area contributed by atoms with Gasteiger partial charge in [0.15, 0.2) is 0 Å². The number of piperazine rings is 1. The van der Waals surface area contributed by atoms with Crippen LogP contribution in [-0.4, -0.2) is 59.4 Å². The van der Waals surface area contributed by atoms with Crippen molar-refractivity contribution < 1.29 is 9.26 Å².